The first kappa shape index (κ1) is 20.6. The number of hydrogen-bond acceptors (Lipinski definition) is 7. The Morgan fingerprint density at radius 3 is 2.64 bits per heavy atom. The Kier molecular flexibility index (Phi) is 7.64. The lowest BCUT2D eigenvalue weighted by molar-refractivity contribution is -0.385. The lowest BCUT2D eigenvalue weighted by Crippen LogP contribution is -2.20. The van der Waals surface area contributed by atoms with Crippen molar-refractivity contribution in [2.45, 2.75) is 13.3 Å². The Labute approximate surface area is 161 Å². The van der Waals surface area contributed by atoms with E-state index in [4.69, 9.17) is 9.47 Å². The van der Waals surface area contributed by atoms with Gasteiger partial charge in [-0.25, -0.2) is 10.2 Å². The molecule has 0 saturated carbocycles. The van der Waals surface area contributed by atoms with E-state index in [-0.39, 0.29) is 25.3 Å². The average Bonchev–Trinajstić information content (AvgIpc) is 2.67. The standard InChI is InChI=1S/C19H19N3O6/c1-2-27-19(24)13-28-17-10-6-4-8-15(17)12-20-21-18(23)11-14-7-3-5-9-16(14)22(25)26/h3-10,12H,2,11,13H2,1H3,(H,21,23). The van der Waals surface area contributed by atoms with Crippen LogP contribution in [0.1, 0.15) is 18.1 Å². The fourth-order valence-electron chi connectivity index (χ4n) is 2.28. The topological polar surface area (TPSA) is 120 Å². The van der Waals surface area contributed by atoms with Gasteiger partial charge in [-0.05, 0) is 19.1 Å². The highest BCUT2D eigenvalue weighted by Crippen LogP contribution is 2.18. The van der Waals surface area contributed by atoms with Gasteiger partial charge in [0.2, 0.25) is 5.91 Å². The molecule has 0 radical (unpaired) electrons. The Bertz CT molecular complexity index is 881. The molecule has 0 atom stereocenters. The van der Waals surface area contributed by atoms with Crippen molar-refractivity contribution in [3.8, 4) is 5.75 Å². The molecule has 146 valence electrons. The quantitative estimate of drug-likeness (QED) is 0.306. The second kappa shape index (κ2) is 10.4. The molecule has 2 aromatic carbocycles. The highest BCUT2D eigenvalue weighted by atomic mass is 16.6. The minimum absolute atomic E-state index is 0.126. The molecule has 0 unspecified atom stereocenters. The molecule has 1 amide bonds. The van der Waals surface area contributed by atoms with Gasteiger partial charge in [-0.2, -0.15) is 5.10 Å². The normalized spacial score (nSPS) is 10.5. The highest BCUT2D eigenvalue weighted by molar-refractivity contribution is 5.86. The van der Waals surface area contributed by atoms with Gasteiger partial charge in [-0.15, -0.1) is 0 Å². The van der Waals surface area contributed by atoms with E-state index in [1.165, 1.54) is 24.4 Å². The van der Waals surface area contributed by atoms with Crippen molar-refractivity contribution in [1.82, 2.24) is 5.43 Å². The van der Waals surface area contributed by atoms with Crippen LogP contribution in [-0.4, -0.2) is 36.2 Å². The maximum atomic E-state index is 12.0. The van der Waals surface area contributed by atoms with Crippen LogP contribution in [0.2, 0.25) is 0 Å². The molecule has 0 aliphatic carbocycles. The monoisotopic (exact) mass is 385 g/mol. The zero-order valence-electron chi connectivity index (χ0n) is 15.2. The van der Waals surface area contributed by atoms with Gasteiger partial charge in [0.1, 0.15) is 5.75 Å². The van der Waals surface area contributed by atoms with Crippen molar-refractivity contribution >= 4 is 23.8 Å². The second-order valence-corrected chi connectivity index (χ2v) is 5.49. The molecule has 0 spiro atoms. The van der Waals surface area contributed by atoms with Crippen LogP contribution in [0.3, 0.4) is 0 Å². The van der Waals surface area contributed by atoms with Gasteiger partial charge in [0.05, 0.1) is 24.2 Å². The van der Waals surface area contributed by atoms with E-state index < -0.39 is 16.8 Å². The molecule has 2 rings (SSSR count). The molecular weight excluding hydrogens is 366 g/mol. The van der Waals surface area contributed by atoms with Crippen molar-refractivity contribution in [2.24, 2.45) is 5.10 Å². The maximum Gasteiger partial charge on any atom is 0.344 e. The Morgan fingerprint density at radius 1 is 1.18 bits per heavy atom. The number of hydrogen-bond donors (Lipinski definition) is 1. The summed E-state index contributed by atoms with van der Waals surface area (Å²) in [4.78, 5) is 33.9. The fourth-order valence-corrected chi connectivity index (χ4v) is 2.28. The van der Waals surface area contributed by atoms with Crippen molar-refractivity contribution in [1.29, 1.82) is 0 Å². The van der Waals surface area contributed by atoms with E-state index in [9.17, 15) is 19.7 Å². The minimum atomic E-state index is -0.539. The van der Waals surface area contributed by atoms with E-state index in [1.54, 1.807) is 37.3 Å². The number of nitrogens with one attached hydrogen (secondary N) is 1. The van der Waals surface area contributed by atoms with Crippen LogP contribution >= 0.6 is 0 Å². The first-order valence-corrected chi connectivity index (χ1v) is 8.43. The molecule has 0 aromatic heterocycles. The van der Waals surface area contributed by atoms with Gasteiger partial charge >= 0.3 is 5.97 Å². The summed E-state index contributed by atoms with van der Waals surface area (Å²) in [6.45, 7) is 1.71. The first-order valence-electron chi connectivity index (χ1n) is 8.43. The molecule has 0 saturated heterocycles. The van der Waals surface area contributed by atoms with Gasteiger partial charge in [0, 0.05) is 17.2 Å². The summed E-state index contributed by atoms with van der Waals surface area (Å²) in [5.41, 5.74) is 3.02. The summed E-state index contributed by atoms with van der Waals surface area (Å²) in [5, 5.41) is 14.8. The van der Waals surface area contributed by atoms with Crippen LogP contribution in [0.5, 0.6) is 5.75 Å². The molecule has 9 nitrogen and oxygen atoms in total. The summed E-state index contributed by atoms with van der Waals surface area (Å²) >= 11 is 0. The third-order valence-electron chi connectivity index (χ3n) is 3.50. The minimum Gasteiger partial charge on any atom is -0.481 e. The third-order valence-corrected chi connectivity index (χ3v) is 3.50. The van der Waals surface area contributed by atoms with E-state index in [2.05, 4.69) is 10.5 Å². The SMILES string of the molecule is CCOC(=O)COc1ccccc1C=NNC(=O)Cc1ccccc1[N+](=O)[O-]. The molecule has 0 heterocycles. The number of benzene rings is 2. The number of carbonyl (C=O) groups excluding carboxylic acids is 2. The van der Waals surface area contributed by atoms with Crippen LogP contribution in [-0.2, 0) is 20.7 Å². The summed E-state index contributed by atoms with van der Waals surface area (Å²) in [5.74, 6) is -0.602. The van der Waals surface area contributed by atoms with Crippen molar-refractivity contribution in [3.05, 3.63) is 69.8 Å². The number of nitro groups is 1. The van der Waals surface area contributed by atoms with E-state index >= 15 is 0 Å². The van der Waals surface area contributed by atoms with Gasteiger partial charge in [-0.1, -0.05) is 30.3 Å². The zero-order chi connectivity index (χ0) is 20.4. The summed E-state index contributed by atoms with van der Waals surface area (Å²) in [6.07, 6.45) is 1.17. The lowest BCUT2D eigenvalue weighted by atomic mass is 10.1. The van der Waals surface area contributed by atoms with Crippen molar-refractivity contribution in [2.75, 3.05) is 13.2 Å². The molecule has 1 N–H and O–H groups in total. The van der Waals surface area contributed by atoms with Crippen LogP contribution in [0, 0.1) is 10.1 Å². The van der Waals surface area contributed by atoms with Crippen LogP contribution < -0.4 is 10.2 Å². The third kappa shape index (κ3) is 6.20. The second-order valence-electron chi connectivity index (χ2n) is 5.49. The molecule has 0 bridgehead atoms. The maximum absolute atomic E-state index is 12.0. The number of carbonyl (C=O) groups is 2. The van der Waals surface area contributed by atoms with Crippen LogP contribution in [0.15, 0.2) is 53.6 Å². The summed E-state index contributed by atoms with van der Waals surface area (Å²) < 4.78 is 10.2. The molecule has 28 heavy (non-hydrogen) atoms. The number of rotatable bonds is 9. The fraction of sp³-hybridized carbons (Fsp3) is 0.211. The summed E-state index contributed by atoms with van der Waals surface area (Å²) in [6, 6.07) is 12.8. The lowest BCUT2D eigenvalue weighted by Gasteiger charge is -2.08. The van der Waals surface area contributed by atoms with Gasteiger partial charge < -0.3 is 9.47 Å². The number of nitro benzene ring substituents is 1. The number of hydrazone groups is 1. The molecular formula is C19H19N3O6. The van der Waals surface area contributed by atoms with E-state index in [0.717, 1.165) is 0 Å². The molecule has 0 aliphatic heterocycles. The van der Waals surface area contributed by atoms with Crippen LogP contribution in [0.25, 0.3) is 0 Å². The smallest absolute Gasteiger partial charge is 0.344 e. The largest absolute Gasteiger partial charge is 0.481 e. The number of amides is 1. The number of esters is 1. The van der Waals surface area contributed by atoms with Crippen molar-refractivity contribution in [3.63, 3.8) is 0 Å². The van der Waals surface area contributed by atoms with Gasteiger partial charge in [-0.3, -0.25) is 14.9 Å². The Morgan fingerprint density at radius 2 is 1.89 bits per heavy atom. The summed E-state index contributed by atoms with van der Waals surface area (Å²) in [7, 11) is 0. The molecule has 9 heteroatoms. The average molecular weight is 385 g/mol. The van der Waals surface area contributed by atoms with Gasteiger partial charge in [0.15, 0.2) is 6.61 Å². The predicted octanol–water partition coefficient (Wildman–Crippen LogP) is 2.23. The predicted molar refractivity (Wildman–Crippen MR) is 101 cm³/mol. The highest BCUT2D eigenvalue weighted by Gasteiger charge is 2.15. The van der Waals surface area contributed by atoms with E-state index in [1.807, 2.05) is 0 Å². The molecule has 0 aliphatic rings. The molecule has 2 aromatic rings. The number of ether oxygens (including phenoxy) is 2. The zero-order valence-corrected chi connectivity index (χ0v) is 15.2. The number of nitrogens with zero attached hydrogens (tertiary/aromatic N) is 2. The first-order chi connectivity index (χ1) is 13.5. The molecule has 0 fully saturated rings. The number of para-hydroxylation sites is 2. The van der Waals surface area contributed by atoms with Gasteiger partial charge in [0.25, 0.3) is 5.69 Å². The van der Waals surface area contributed by atoms with Crippen LogP contribution in [0.4, 0.5) is 5.69 Å². The Balaban J connectivity index is 1.97. The van der Waals surface area contributed by atoms with Crippen molar-refractivity contribution < 1.29 is 24.0 Å². The Hall–Kier alpha value is -3.75. The van der Waals surface area contributed by atoms with E-state index in [0.29, 0.717) is 16.9 Å².